The lowest BCUT2D eigenvalue weighted by molar-refractivity contribution is 0.0970. The Hall–Kier alpha value is -4.16. The molecule has 4 aromatic carbocycles. The van der Waals surface area contributed by atoms with E-state index in [1.807, 2.05) is 63.5 Å². The van der Waals surface area contributed by atoms with Gasteiger partial charge in [-0.1, -0.05) is 105 Å². The van der Waals surface area contributed by atoms with Crippen molar-refractivity contribution in [3.8, 4) is 0 Å². The van der Waals surface area contributed by atoms with Gasteiger partial charge in [-0.2, -0.15) is 0 Å². The fraction of sp³-hybridized carbons (Fsp3) is 0.286. The van der Waals surface area contributed by atoms with Gasteiger partial charge in [-0.15, -0.1) is 23.5 Å². The molecular weight excluding hydrogens is 1120 g/mol. The van der Waals surface area contributed by atoms with E-state index >= 15 is 0 Å². The van der Waals surface area contributed by atoms with Crippen LogP contribution < -0.4 is 15.3 Å². The van der Waals surface area contributed by atoms with Gasteiger partial charge in [0.1, 0.15) is 10.3 Å². The van der Waals surface area contributed by atoms with Gasteiger partial charge in [0.25, 0.3) is 11.8 Å². The number of halogens is 5. The average molecular weight is 1170 g/mol. The van der Waals surface area contributed by atoms with Crippen LogP contribution in [-0.2, 0) is 10.8 Å². The van der Waals surface area contributed by atoms with Crippen LogP contribution >= 0.6 is 85.9 Å². The van der Waals surface area contributed by atoms with E-state index in [9.17, 15) is 9.59 Å². The molecule has 6 aromatic rings. The molecule has 0 unspecified atom stereocenters. The second-order valence-electron chi connectivity index (χ2n) is 18.7. The van der Waals surface area contributed by atoms with Crippen molar-refractivity contribution in [1.82, 2.24) is 19.8 Å². The number of anilines is 2. The van der Waals surface area contributed by atoms with E-state index in [0.29, 0.717) is 50.0 Å². The molecule has 4 aliphatic rings. The van der Waals surface area contributed by atoms with Gasteiger partial charge in [-0.3, -0.25) is 19.4 Å². The first kappa shape index (κ1) is 56.1. The van der Waals surface area contributed by atoms with Gasteiger partial charge in [-0.05, 0) is 176 Å². The fourth-order valence-corrected chi connectivity index (χ4v) is 11.9. The fourth-order valence-electron chi connectivity index (χ4n) is 10.2. The molecule has 2 amide bonds. The molecule has 74 heavy (non-hydrogen) atoms. The third kappa shape index (κ3) is 13.5. The SMILES string of the molecule is CSc1ccc(/C=C\CN2CCC3(CC2)CN(C(=O)c2ccnc(Cl)c2)c2ccc(Cl)cc23)cc1.CSc1ccc(B(O)O)cc1.O=C(c1ccnc(Cl)c1)N1CC2(CCN(CC=CBr)CC2)c2cc(Cl)ccc21. The molecule has 384 valence electrons. The zero-order chi connectivity index (χ0) is 52.4. The van der Waals surface area contributed by atoms with Crippen LogP contribution in [0.15, 0.2) is 149 Å². The summed E-state index contributed by atoms with van der Waals surface area (Å²) in [5.41, 5.74) is 7.00. The number of amides is 2. The molecule has 2 aromatic heterocycles. The number of piperidine rings is 2. The maximum Gasteiger partial charge on any atom is 0.488 e. The number of likely N-dealkylation sites (tertiary alicyclic amines) is 2. The van der Waals surface area contributed by atoms with Crippen molar-refractivity contribution >= 4 is 128 Å². The van der Waals surface area contributed by atoms with E-state index in [1.54, 1.807) is 72.3 Å². The number of aromatic nitrogens is 2. The lowest BCUT2D eigenvalue weighted by Crippen LogP contribution is -2.46. The Morgan fingerprint density at radius 1 is 0.622 bits per heavy atom. The molecule has 2 fully saturated rings. The molecule has 0 saturated carbocycles. The number of nitrogens with zero attached hydrogens (tertiary/aromatic N) is 6. The van der Waals surface area contributed by atoms with Crippen LogP contribution in [0.2, 0.25) is 20.4 Å². The van der Waals surface area contributed by atoms with Crippen molar-refractivity contribution in [2.75, 3.05) is 74.7 Å². The Balaban J connectivity index is 0.000000166. The molecule has 0 bridgehead atoms. The Labute approximate surface area is 471 Å². The molecule has 2 spiro atoms. The van der Waals surface area contributed by atoms with E-state index in [2.05, 4.69) is 90.5 Å². The molecule has 6 heterocycles. The number of carbonyl (C=O) groups excluding carboxylic acids is 2. The standard InChI is InChI=1S/C28H27Cl2N3OS.C21H20BrCl2N3O.C7H9BO2S/c1-35-23-7-4-20(5-8-23)3-2-14-32-15-11-28(12-16-32)19-33(25-9-6-22(29)18-24(25)28)27(34)21-10-13-31-26(30)17-21;22-7-1-9-26-10-5-21(6-11-26)14-27(18-3-2-16(23)13-17(18)21)20(28)15-4-8-25-19(24)12-15;1-11-7-4-2-6(3-5-7)8(9)10/h2-10,13,17-18H,11-12,14-16,19H2,1H3;1-4,7-8,12-13H,5-6,9-11,14H2;2-5,9-10H,1H3/b3-2-;;. The minimum absolute atomic E-state index is 0.0469. The highest BCUT2D eigenvalue weighted by Crippen LogP contribution is 2.50. The van der Waals surface area contributed by atoms with Crippen LogP contribution in [0, 0.1) is 0 Å². The highest BCUT2D eigenvalue weighted by molar-refractivity contribution is 9.11. The summed E-state index contributed by atoms with van der Waals surface area (Å²) in [6.45, 7) is 7.12. The summed E-state index contributed by atoms with van der Waals surface area (Å²) < 4.78 is 0. The molecular formula is C56H56BBrCl4N6O4S2. The van der Waals surface area contributed by atoms with Gasteiger partial charge in [0, 0.05) is 91.7 Å². The first-order valence-corrected chi connectivity index (χ1v) is 29.1. The normalized spacial score (nSPS) is 16.7. The molecule has 0 aliphatic carbocycles. The van der Waals surface area contributed by atoms with Crippen LogP contribution in [0.5, 0.6) is 0 Å². The van der Waals surface area contributed by atoms with Gasteiger partial charge in [-0.25, -0.2) is 9.97 Å². The summed E-state index contributed by atoms with van der Waals surface area (Å²) in [6.07, 6.45) is 17.7. The van der Waals surface area contributed by atoms with Crippen LogP contribution in [0.1, 0.15) is 63.1 Å². The Bertz CT molecular complexity index is 2980. The maximum atomic E-state index is 13.4. The van der Waals surface area contributed by atoms with E-state index in [0.717, 1.165) is 81.2 Å². The van der Waals surface area contributed by atoms with Gasteiger partial charge in [0.15, 0.2) is 0 Å². The number of carbonyl (C=O) groups is 2. The number of hydrogen-bond acceptors (Lipinski definition) is 10. The number of fused-ring (bicyclic) bond motifs is 4. The van der Waals surface area contributed by atoms with Crippen molar-refractivity contribution in [3.63, 3.8) is 0 Å². The predicted octanol–water partition coefficient (Wildman–Crippen LogP) is 12.2. The molecule has 0 radical (unpaired) electrons. The zero-order valence-corrected chi connectivity index (χ0v) is 47.3. The van der Waals surface area contributed by atoms with Crippen molar-refractivity contribution in [2.45, 2.75) is 46.3 Å². The summed E-state index contributed by atoms with van der Waals surface area (Å²) in [4.78, 5) is 47.7. The Kier molecular flexibility index (Phi) is 19.5. The third-order valence-corrected chi connectivity index (χ3v) is 17.0. The van der Waals surface area contributed by atoms with Crippen LogP contribution in [0.4, 0.5) is 11.4 Å². The molecule has 4 aliphatic heterocycles. The summed E-state index contributed by atoms with van der Waals surface area (Å²) >= 11 is 31.5. The van der Waals surface area contributed by atoms with Crippen molar-refractivity contribution < 1.29 is 19.6 Å². The van der Waals surface area contributed by atoms with Crippen molar-refractivity contribution in [3.05, 3.63) is 187 Å². The van der Waals surface area contributed by atoms with Gasteiger partial charge in [0.05, 0.1) is 0 Å². The first-order valence-electron chi connectivity index (χ1n) is 24.2. The highest BCUT2D eigenvalue weighted by Gasteiger charge is 2.48. The van der Waals surface area contributed by atoms with Gasteiger partial charge in [0.2, 0.25) is 0 Å². The Morgan fingerprint density at radius 2 is 1.05 bits per heavy atom. The molecule has 2 N–H and O–H groups in total. The molecule has 10 rings (SSSR count). The van der Waals surface area contributed by atoms with E-state index in [1.165, 1.54) is 21.6 Å². The first-order chi connectivity index (χ1) is 35.7. The summed E-state index contributed by atoms with van der Waals surface area (Å²) in [5.74, 6) is -0.0954. The number of pyridine rings is 2. The molecule has 18 heteroatoms. The van der Waals surface area contributed by atoms with Crippen LogP contribution in [0.25, 0.3) is 6.08 Å². The monoisotopic (exact) mass is 1170 g/mol. The average Bonchev–Trinajstić information content (AvgIpc) is 3.91. The summed E-state index contributed by atoms with van der Waals surface area (Å²) in [6, 6.07) is 34.2. The van der Waals surface area contributed by atoms with E-state index in [-0.39, 0.29) is 22.6 Å². The lowest BCUT2D eigenvalue weighted by atomic mass is 9.74. The smallest absolute Gasteiger partial charge is 0.423 e. The minimum Gasteiger partial charge on any atom is -0.423 e. The van der Waals surface area contributed by atoms with Gasteiger partial charge >= 0.3 is 7.12 Å². The Morgan fingerprint density at radius 3 is 1.46 bits per heavy atom. The molecule has 0 atom stereocenters. The van der Waals surface area contributed by atoms with E-state index in [4.69, 9.17) is 56.5 Å². The zero-order valence-electron chi connectivity index (χ0n) is 41.0. The number of benzene rings is 4. The highest BCUT2D eigenvalue weighted by atomic mass is 79.9. The van der Waals surface area contributed by atoms with Crippen LogP contribution in [-0.4, -0.2) is 114 Å². The second kappa shape index (κ2) is 25.8. The van der Waals surface area contributed by atoms with E-state index < -0.39 is 7.12 Å². The second-order valence-corrected chi connectivity index (χ2v) is 22.6. The summed E-state index contributed by atoms with van der Waals surface area (Å²) in [7, 11) is -1.36. The maximum absolute atomic E-state index is 13.4. The minimum atomic E-state index is -1.36. The number of hydrogen-bond donors (Lipinski definition) is 2. The van der Waals surface area contributed by atoms with Crippen LogP contribution in [0.3, 0.4) is 0 Å². The molecule has 10 nitrogen and oxygen atoms in total. The largest absolute Gasteiger partial charge is 0.488 e. The quantitative estimate of drug-likeness (QED) is 0.0781. The third-order valence-electron chi connectivity index (χ3n) is 14.3. The lowest BCUT2D eigenvalue weighted by Gasteiger charge is -2.39. The number of rotatable bonds is 10. The molecule has 2 saturated heterocycles. The van der Waals surface area contributed by atoms with Crippen molar-refractivity contribution in [2.24, 2.45) is 0 Å². The topological polar surface area (TPSA) is 113 Å². The van der Waals surface area contributed by atoms with Crippen molar-refractivity contribution in [1.29, 1.82) is 0 Å². The van der Waals surface area contributed by atoms with Gasteiger partial charge < -0.3 is 19.8 Å². The number of thioether (sulfide) groups is 2. The predicted molar refractivity (Wildman–Crippen MR) is 313 cm³/mol. The summed E-state index contributed by atoms with van der Waals surface area (Å²) in [5, 5.41) is 19.5.